The summed E-state index contributed by atoms with van der Waals surface area (Å²) in [6, 6.07) is 6.96. The van der Waals surface area contributed by atoms with Gasteiger partial charge in [0.25, 0.3) is 0 Å². The number of rotatable bonds is 5. The van der Waals surface area contributed by atoms with Gasteiger partial charge in [-0.05, 0) is 26.0 Å². The largest absolute Gasteiger partial charge is 0.393 e. The minimum atomic E-state index is -1.95. The van der Waals surface area contributed by atoms with E-state index in [4.69, 9.17) is 5.11 Å². The van der Waals surface area contributed by atoms with Crippen molar-refractivity contribution in [3.63, 3.8) is 0 Å². The number of halogens is 1. The Balaban J connectivity index is 2.93. The molecule has 1 aromatic carbocycles. The second-order valence-corrected chi connectivity index (χ2v) is 5.92. The highest BCUT2D eigenvalue weighted by atomic mass is 32.2. The second kappa shape index (κ2) is 5.71. The predicted octanol–water partition coefficient (Wildman–Crippen LogP) is 1.18. The van der Waals surface area contributed by atoms with Crippen LogP contribution in [0.15, 0.2) is 29.2 Å². The van der Waals surface area contributed by atoms with Crippen LogP contribution in [-0.2, 0) is 10.8 Å². The highest BCUT2D eigenvalue weighted by molar-refractivity contribution is 7.85. The third-order valence-corrected chi connectivity index (χ3v) is 4.65. The van der Waals surface area contributed by atoms with Gasteiger partial charge in [0.05, 0.1) is 22.7 Å². The van der Waals surface area contributed by atoms with Crippen LogP contribution >= 0.6 is 0 Å². The predicted molar refractivity (Wildman–Crippen MR) is 65.1 cm³/mol. The normalized spacial score (nSPS) is 18.4. The van der Waals surface area contributed by atoms with Crippen molar-refractivity contribution in [2.75, 3.05) is 13.3 Å². The minimum Gasteiger partial charge on any atom is -0.393 e. The van der Waals surface area contributed by atoms with Crippen molar-refractivity contribution in [2.24, 2.45) is 0 Å². The molecule has 1 aromatic rings. The van der Waals surface area contributed by atoms with Gasteiger partial charge in [0.15, 0.2) is 0 Å². The van der Waals surface area contributed by atoms with E-state index in [0.29, 0.717) is 4.90 Å². The summed E-state index contributed by atoms with van der Waals surface area (Å²) >= 11 is 0. The van der Waals surface area contributed by atoms with Gasteiger partial charge in [-0.15, -0.1) is 0 Å². The van der Waals surface area contributed by atoms with Gasteiger partial charge >= 0.3 is 0 Å². The SMILES string of the molecule is Cc1ccc(S(=O)[C@H](C)[C@](O)(CO)CF)cc1. The number of hydrogen-bond donors (Lipinski definition) is 2. The summed E-state index contributed by atoms with van der Waals surface area (Å²) in [5, 5.41) is 17.9. The molecule has 96 valence electrons. The van der Waals surface area contributed by atoms with Gasteiger partial charge in [0.2, 0.25) is 0 Å². The highest BCUT2D eigenvalue weighted by Crippen LogP contribution is 2.21. The molecule has 0 radical (unpaired) electrons. The first-order valence-electron chi connectivity index (χ1n) is 5.31. The van der Waals surface area contributed by atoms with Crippen LogP contribution in [0.3, 0.4) is 0 Å². The minimum absolute atomic E-state index is 0.517. The van der Waals surface area contributed by atoms with Crippen LogP contribution in [0.4, 0.5) is 4.39 Å². The first-order valence-corrected chi connectivity index (χ1v) is 6.52. The van der Waals surface area contributed by atoms with Gasteiger partial charge in [-0.3, -0.25) is 4.21 Å². The Hall–Kier alpha value is -0.780. The number of aliphatic hydroxyl groups excluding tert-OH is 1. The van der Waals surface area contributed by atoms with Crippen LogP contribution in [0, 0.1) is 6.92 Å². The summed E-state index contributed by atoms with van der Waals surface area (Å²) in [5.74, 6) is 0. The van der Waals surface area contributed by atoms with Crippen molar-refractivity contribution < 1.29 is 18.8 Å². The molecule has 0 saturated carbocycles. The fraction of sp³-hybridized carbons (Fsp3) is 0.500. The summed E-state index contributed by atoms with van der Waals surface area (Å²) < 4.78 is 24.8. The number of alkyl halides is 1. The molecule has 5 heteroatoms. The Morgan fingerprint density at radius 1 is 1.41 bits per heavy atom. The third kappa shape index (κ3) is 3.12. The molecular weight excluding hydrogens is 243 g/mol. The zero-order valence-electron chi connectivity index (χ0n) is 9.89. The van der Waals surface area contributed by atoms with Crippen LogP contribution in [0.2, 0.25) is 0 Å². The lowest BCUT2D eigenvalue weighted by atomic mass is 10.0. The Labute approximate surface area is 103 Å². The molecular formula is C12H17FO3S. The van der Waals surface area contributed by atoms with Crippen LogP contribution in [0.1, 0.15) is 12.5 Å². The zero-order valence-corrected chi connectivity index (χ0v) is 10.7. The molecule has 0 saturated heterocycles. The number of hydrogen-bond acceptors (Lipinski definition) is 3. The Morgan fingerprint density at radius 3 is 2.35 bits per heavy atom. The van der Waals surface area contributed by atoms with Crippen molar-refractivity contribution >= 4 is 10.8 Å². The van der Waals surface area contributed by atoms with Crippen molar-refractivity contribution in [3.8, 4) is 0 Å². The summed E-state index contributed by atoms with van der Waals surface area (Å²) in [6.45, 7) is 1.50. The van der Waals surface area contributed by atoms with Crippen LogP contribution in [0.25, 0.3) is 0 Å². The van der Waals surface area contributed by atoms with E-state index in [9.17, 15) is 13.7 Å². The molecule has 0 aromatic heterocycles. The van der Waals surface area contributed by atoms with E-state index in [2.05, 4.69) is 0 Å². The first kappa shape index (κ1) is 14.3. The number of aryl methyl sites for hydroxylation is 1. The molecule has 0 fully saturated rings. The molecule has 0 amide bonds. The standard InChI is InChI=1S/C12H17FO3S/c1-9-3-5-11(6-4-9)17(16)10(2)12(15,7-13)8-14/h3-6,10,14-15H,7-8H2,1-2H3/t10-,12-,17?/m1/s1. The molecule has 0 aliphatic carbocycles. The van der Waals surface area contributed by atoms with Gasteiger partial charge in [0, 0.05) is 4.90 Å². The number of benzene rings is 1. The molecule has 0 aliphatic rings. The topological polar surface area (TPSA) is 57.5 Å². The lowest BCUT2D eigenvalue weighted by Gasteiger charge is -2.28. The lowest BCUT2D eigenvalue weighted by molar-refractivity contribution is -0.0313. The van der Waals surface area contributed by atoms with Crippen molar-refractivity contribution in [1.82, 2.24) is 0 Å². The van der Waals surface area contributed by atoms with E-state index in [1.807, 2.05) is 6.92 Å². The third-order valence-electron chi connectivity index (χ3n) is 2.84. The van der Waals surface area contributed by atoms with Crippen molar-refractivity contribution in [1.29, 1.82) is 0 Å². The maximum Gasteiger partial charge on any atom is 0.130 e. The van der Waals surface area contributed by atoms with Crippen molar-refractivity contribution in [3.05, 3.63) is 29.8 Å². The van der Waals surface area contributed by atoms with Gasteiger partial charge in [-0.1, -0.05) is 17.7 Å². The van der Waals surface area contributed by atoms with Gasteiger partial charge in [-0.2, -0.15) is 0 Å². The van der Waals surface area contributed by atoms with Crippen molar-refractivity contribution in [2.45, 2.75) is 29.6 Å². The average Bonchev–Trinajstić information content (AvgIpc) is 2.37. The molecule has 0 spiro atoms. The quantitative estimate of drug-likeness (QED) is 0.836. The van der Waals surface area contributed by atoms with E-state index < -0.39 is 34.9 Å². The molecule has 3 atom stereocenters. The first-order chi connectivity index (χ1) is 7.94. The summed E-state index contributed by atoms with van der Waals surface area (Å²) in [7, 11) is -1.56. The smallest absolute Gasteiger partial charge is 0.130 e. The van der Waals surface area contributed by atoms with Crippen LogP contribution in [0.5, 0.6) is 0 Å². The maximum absolute atomic E-state index is 12.7. The molecule has 1 rings (SSSR count). The van der Waals surface area contributed by atoms with E-state index in [-0.39, 0.29) is 0 Å². The molecule has 0 heterocycles. The van der Waals surface area contributed by atoms with Gasteiger partial charge in [0.1, 0.15) is 12.3 Å². The highest BCUT2D eigenvalue weighted by Gasteiger charge is 2.37. The summed E-state index contributed by atoms with van der Waals surface area (Å²) in [6.07, 6.45) is 0. The monoisotopic (exact) mass is 260 g/mol. The Kier molecular flexibility index (Phi) is 4.80. The molecule has 1 unspecified atom stereocenters. The van der Waals surface area contributed by atoms with Gasteiger partial charge in [-0.25, -0.2) is 4.39 Å². The summed E-state index contributed by atoms with van der Waals surface area (Å²) in [5.41, 5.74) is -0.920. The zero-order chi connectivity index (χ0) is 13.1. The number of aliphatic hydroxyl groups is 2. The Morgan fingerprint density at radius 2 is 1.94 bits per heavy atom. The van der Waals surface area contributed by atoms with Gasteiger partial charge < -0.3 is 10.2 Å². The van der Waals surface area contributed by atoms with Crippen LogP contribution in [-0.4, -0.2) is 38.6 Å². The molecule has 0 aliphatic heterocycles. The molecule has 0 bridgehead atoms. The molecule has 17 heavy (non-hydrogen) atoms. The molecule has 2 N–H and O–H groups in total. The van der Waals surface area contributed by atoms with E-state index >= 15 is 0 Å². The lowest BCUT2D eigenvalue weighted by Crippen LogP contribution is -2.48. The van der Waals surface area contributed by atoms with E-state index in [1.54, 1.807) is 24.3 Å². The fourth-order valence-electron chi connectivity index (χ4n) is 1.36. The summed E-state index contributed by atoms with van der Waals surface area (Å²) in [4.78, 5) is 0.517. The fourth-order valence-corrected chi connectivity index (χ4v) is 2.70. The average molecular weight is 260 g/mol. The second-order valence-electron chi connectivity index (χ2n) is 4.15. The Bertz CT molecular complexity index is 387. The maximum atomic E-state index is 12.7. The van der Waals surface area contributed by atoms with E-state index in [0.717, 1.165) is 5.56 Å². The molecule has 3 nitrogen and oxygen atoms in total. The van der Waals surface area contributed by atoms with E-state index in [1.165, 1.54) is 6.92 Å². The van der Waals surface area contributed by atoms with Crippen LogP contribution < -0.4 is 0 Å².